The van der Waals surface area contributed by atoms with E-state index in [-0.39, 0.29) is 23.7 Å². The maximum atomic E-state index is 12.5. The van der Waals surface area contributed by atoms with E-state index in [9.17, 15) is 18.4 Å². The molecule has 1 atom stereocenters. The highest BCUT2D eigenvalue weighted by atomic mass is 19.3. The van der Waals surface area contributed by atoms with Gasteiger partial charge in [-0.2, -0.15) is 8.78 Å². The minimum absolute atomic E-state index is 0.0837. The summed E-state index contributed by atoms with van der Waals surface area (Å²) in [5, 5.41) is 2.69. The number of alkyl halides is 2. The van der Waals surface area contributed by atoms with Crippen LogP contribution in [0.3, 0.4) is 0 Å². The number of methoxy groups -OCH3 is 1. The van der Waals surface area contributed by atoms with Crippen LogP contribution in [0, 0.1) is 0 Å². The molecule has 0 fully saturated rings. The highest BCUT2D eigenvalue weighted by molar-refractivity contribution is 5.94. The molecular formula is C17H20F2N2O5. The first-order chi connectivity index (χ1) is 12.3. The molecule has 0 radical (unpaired) electrons. The van der Waals surface area contributed by atoms with Gasteiger partial charge in [0.15, 0.2) is 11.5 Å². The van der Waals surface area contributed by atoms with Gasteiger partial charge in [0.1, 0.15) is 0 Å². The highest BCUT2D eigenvalue weighted by Crippen LogP contribution is 2.36. The third kappa shape index (κ3) is 3.87. The molecule has 2 rings (SSSR count). The minimum atomic E-state index is -3.00. The van der Waals surface area contributed by atoms with Crippen molar-refractivity contribution in [3.63, 3.8) is 0 Å². The fourth-order valence-electron chi connectivity index (χ4n) is 2.63. The van der Waals surface area contributed by atoms with Gasteiger partial charge in [-0.15, -0.1) is 0 Å². The maximum Gasteiger partial charge on any atom is 0.387 e. The van der Waals surface area contributed by atoms with Crippen molar-refractivity contribution in [2.45, 2.75) is 26.5 Å². The lowest BCUT2D eigenvalue weighted by Gasteiger charge is -2.33. The molecule has 0 aliphatic carbocycles. The van der Waals surface area contributed by atoms with Gasteiger partial charge in [-0.25, -0.2) is 9.59 Å². The van der Waals surface area contributed by atoms with E-state index in [1.165, 1.54) is 37.3 Å². The molecule has 0 spiro atoms. The number of hydrogen-bond donors (Lipinski definition) is 1. The number of urea groups is 1. The van der Waals surface area contributed by atoms with E-state index in [2.05, 4.69) is 10.1 Å². The van der Waals surface area contributed by atoms with Crippen molar-refractivity contribution < 1.29 is 32.6 Å². The Bertz CT molecular complexity index is 736. The molecule has 0 bridgehead atoms. The Morgan fingerprint density at radius 1 is 1.35 bits per heavy atom. The normalized spacial score (nSPS) is 17.3. The number of ether oxygens (including phenoxy) is 3. The quantitative estimate of drug-likeness (QED) is 0.780. The van der Waals surface area contributed by atoms with E-state index in [0.717, 1.165) is 0 Å². The molecule has 1 N–H and O–H groups in total. The van der Waals surface area contributed by atoms with Crippen molar-refractivity contribution in [2.75, 3.05) is 20.8 Å². The molecule has 0 saturated carbocycles. The van der Waals surface area contributed by atoms with E-state index < -0.39 is 24.7 Å². The first-order valence-electron chi connectivity index (χ1n) is 7.85. The molecule has 0 aromatic heterocycles. The summed E-state index contributed by atoms with van der Waals surface area (Å²) in [6.07, 6.45) is 0. The van der Waals surface area contributed by atoms with E-state index in [4.69, 9.17) is 9.47 Å². The summed E-state index contributed by atoms with van der Waals surface area (Å²) in [6.45, 7) is 0.535. The topological polar surface area (TPSA) is 77.1 Å². The summed E-state index contributed by atoms with van der Waals surface area (Å²) in [5.41, 5.74) is 1.13. The number of allylic oxidation sites excluding steroid dienone is 1. The van der Waals surface area contributed by atoms with Crippen molar-refractivity contribution >= 4 is 12.0 Å². The number of carbonyl (C=O) groups excluding carboxylic acids is 2. The fraction of sp³-hybridized carbons (Fsp3) is 0.412. The van der Waals surface area contributed by atoms with Crippen LogP contribution in [0.4, 0.5) is 13.6 Å². The Balaban J connectivity index is 2.52. The monoisotopic (exact) mass is 370 g/mol. The van der Waals surface area contributed by atoms with E-state index in [1.54, 1.807) is 13.8 Å². The summed E-state index contributed by atoms with van der Waals surface area (Å²) < 4.78 is 39.7. The van der Waals surface area contributed by atoms with Crippen LogP contribution in [0.2, 0.25) is 0 Å². The van der Waals surface area contributed by atoms with Crippen LogP contribution in [0.1, 0.15) is 25.5 Å². The Labute approximate surface area is 149 Å². The lowest BCUT2D eigenvalue weighted by Crippen LogP contribution is -2.46. The van der Waals surface area contributed by atoms with Crippen LogP contribution in [0.5, 0.6) is 11.5 Å². The molecule has 0 unspecified atom stereocenters. The van der Waals surface area contributed by atoms with Crippen LogP contribution in [-0.2, 0) is 9.53 Å². The fourth-order valence-corrected chi connectivity index (χ4v) is 2.63. The second kappa shape index (κ2) is 8.03. The molecule has 142 valence electrons. The van der Waals surface area contributed by atoms with Crippen LogP contribution >= 0.6 is 0 Å². The maximum absolute atomic E-state index is 12.5. The second-order valence-electron chi connectivity index (χ2n) is 5.45. The average molecular weight is 370 g/mol. The number of carbonyl (C=O) groups is 2. The third-order valence-electron chi connectivity index (χ3n) is 3.98. The highest BCUT2D eigenvalue weighted by Gasteiger charge is 2.35. The standard InChI is InChI=1S/C17H20F2N2O5/c1-5-25-12-8-10(6-7-11(12)26-16(18)19)14-13(15(22)24-4)9(2)21(3)17(23)20-14/h6-8,14,16H,5H2,1-4H3,(H,20,23)/t14-/m1/s1. The zero-order valence-corrected chi connectivity index (χ0v) is 14.8. The molecule has 9 heteroatoms. The second-order valence-corrected chi connectivity index (χ2v) is 5.45. The SMILES string of the molecule is CCOc1cc([C@H]2NC(=O)N(C)C(C)=C2C(=O)OC)ccc1OC(F)F. The third-order valence-corrected chi connectivity index (χ3v) is 3.98. The summed E-state index contributed by atoms with van der Waals surface area (Å²) >= 11 is 0. The van der Waals surface area contributed by atoms with Gasteiger partial charge in [0, 0.05) is 12.7 Å². The lowest BCUT2D eigenvalue weighted by atomic mass is 9.94. The lowest BCUT2D eigenvalue weighted by molar-refractivity contribution is -0.136. The van der Waals surface area contributed by atoms with E-state index in [0.29, 0.717) is 11.3 Å². The number of rotatable bonds is 6. The van der Waals surface area contributed by atoms with Crippen LogP contribution in [0.25, 0.3) is 0 Å². The van der Waals surface area contributed by atoms with E-state index in [1.807, 2.05) is 0 Å². The Morgan fingerprint density at radius 3 is 2.62 bits per heavy atom. The molecule has 1 aliphatic rings. The van der Waals surface area contributed by atoms with Gasteiger partial charge in [-0.05, 0) is 31.5 Å². The zero-order chi connectivity index (χ0) is 19.4. The van der Waals surface area contributed by atoms with Crippen molar-refractivity contribution in [2.24, 2.45) is 0 Å². The van der Waals surface area contributed by atoms with Crippen LogP contribution < -0.4 is 14.8 Å². The first kappa shape index (κ1) is 19.5. The summed E-state index contributed by atoms with van der Waals surface area (Å²) in [7, 11) is 2.76. The number of halogens is 2. The number of esters is 1. The smallest absolute Gasteiger partial charge is 0.387 e. The van der Waals surface area contributed by atoms with Crippen molar-refractivity contribution in [1.29, 1.82) is 0 Å². The molecule has 1 heterocycles. The van der Waals surface area contributed by atoms with E-state index >= 15 is 0 Å². The van der Waals surface area contributed by atoms with Crippen molar-refractivity contribution in [1.82, 2.24) is 10.2 Å². The van der Waals surface area contributed by atoms with Gasteiger partial charge >= 0.3 is 18.6 Å². The molecule has 2 amide bonds. The number of hydrogen-bond acceptors (Lipinski definition) is 5. The summed E-state index contributed by atoms with van der Waals surface area (Å²) in [4.78, 5) is 25.7. The zero-order valence-electron chi connectivity index (χ0n) is 14.8. The van der Waals surface area contributed by atoms with Gasteiger partial charge in [-0.3, -0.25) is 0 Å². The van der Waals surface area contributed by atoms with Gasteiger partial charge < -0.3 is 24.4 Å². The largest absolute Gasteiger partial charge is 0.490 e. The number of benzene rings is 1. The average Bonchev–Trinajstić information content (AvgIpc) is 2.60. The Morgan fingerprint density at radius 2 is 2.04 bits per heavy atom. The van der Waals surface area contributed by atoms with Crippen molar-refractivity contribution in [3.05, 3.63) is 35.0 Å². The number of amides is 2. The molecule has 1 aromatic carbocycles. The Kier molecular flexibility index (Phi) is 6.01. The van der Waals surface area contributed by atoms with Gasteiger partial charge in [-0.1, -0.05) is 6.07 Å². The van der Waals surface area contributed by atoms with Gasteiger partial charge in [0.2, 0.25) is 0 Å². The number of nitrogens with zero attached hydrogens (tertiary/aromatic N) is 1. The predicted octanol–water partition coefficient (Wildman–Crippen LogP) is 2.83. The molecule has 26 heavy (non-hydrogen) atoms. The molecule has 1 aromatic rings. The van der Waals surface area contributed by atoms with Crippen molar-refractivity contribution in [3.8, 4) is 11.5 Å². The Hall–Kier alpha value is -2.84. The van der Waals surface area contributed by atoms with Gasteiger partial charge in [0.05, 0.1) is 25.3 Å². The summed E-state index contributed by atoms with van der Waals surface area (Å²) in [5.74, 6) is -0.657. The molecule has 7 nitrogen and oxygen atoms in total. The van der Waals surface area contributed by atoms with Crippen LogP contribution in [-0.4, -0.2) is 44.3 Å². The molecule has 1 aliphatic heterocycles. The first-order valence-corrected chi connectivity index (χ1v) is 7.85. The minimum Gasteiger partial charge on any atom is -0.490 e. The van der Waals surface area contributed by atoms with Gasteiger partial charge in [0.25, 0.3) is 0 Å². The molecular weight excluding hydrogens is 350 g/mol. The molecule has 0 saturated heterocycles. The number of nitrogens with one attached hydrogen (secondary N) is 1. The predicted molar refractivity (Wildman–Crippen MR) is 88.0 cm³/mol. The summed E-state index contributed by atoms with van der Waals surface area (Å²) in [6, 6.07) is 3.01. The van der Waals surface area contributed by atoms with Crippen LogP contribution in [0.15, 0.2) is 29.5 Å².